The van der Waals surface area contributed by atoms with Crippen molar-refractivity contribution in [2.24, 2.45) is 0 Å². The van der Waals surface area contributed by atoms with E-state index in [1.54, 1.807) is 0 Å². The van der Waals surface area contributed by atoms with Crippen molar-refractivity contribution in [3.63, 3.8) is 0 Å². The average molecular weight is 212 g/mol. The van der Waals surface area contributed by atoms with E-state index in [4.69, 9.17) is 0 Å². The number of hydrogen-bond acceptors (Lipinski definition) is 2. The summed E-state index contributed by atoms with van der Waals surface area (Å²) in [6.45, 7) is 7.00. The van der Waals surface area contributed by atoms with E-state index in [0.717, 1.165) is 12.1 Å². The monoisotopic (exact) mass is 212 g/mol. The summed E-state index contributed by atoms with van der Waals surface area (Å²) in [5, 5.41) is 3.40. The van der Waals surface area contributed by atoms with Crippen molar-refractivity contribution in [1.29, 1.82) is 0 Å². The maximum atomic E-state index is 3.40. The Morgan fingerprint density at radius 3 is 2.13 bits per heavy atom. The zero-order chi connectivity index (χ0) is 11.5. The van der Waals surface area contributed by atoms with Crippen molar-refractivity contribution in [3.05, 3.63) is 0 Å². The quantitative estimate of drug-likeness (QED) is 0.770. The minimum atomic E-state index is 0.358. The van der Waals surface area contributed by atoms with Gasteiger partial charge in [0.15, 0.2) is 0 Å². The maximum Gasteiger partial charge on any atom is 0.0150 e. The number of rotatable bonds is 4. The highest BCUT2D eigenvalue weighted by molar-refractivity contribution is 4.87. The van der Waals surface area contributed by atoms with Crippen molar-refractivity contribution in [2.45, 2.75) is 70.5 Å². The van der Waals surface area contributed by atoms with E-state index in [1.165, 1.54) is 32.1 Å². The molecule has 1 saturated carbocycles. The first-order valence-electron chi connectivity index (χ1n) is 6.41. The Kier molecular flexibility index (Phi) is 4.60. The molecular formula is C13H28N2. The highest BCUT2D eigenvalue weighted by Gasteiger charge is 2.30. The van der Waals surface area contributed by atoms with Crippen LogP contribution in [0.3, 0.4) is 0 Å². The minimum absolute atomic E-state index is 0.358. The summed E-state index contributed by atoms with van der Waals surface area (Å²) in [5.41, 5.74) is 0.358. The van der Waals surface area contributed by atoms with Crippen LogP contribution in [0.5, 0.6) is 0 Å². The van der Waals surface area contributed by atoms with Gasteiger partial charge in [-0.05, 0) is 60.0 Å². The van der Waals surface area contributed by atoms with Crippen molar-refractivity contribution in [2.75, 3.05) is 14.1 Å². The zero-order valence-electron chi connectivity index (χ0n) is 11.1. The van der Waals surface area contributed by atoms with E-state index in [9.17, 15) is 0 Å². The van der Waals surface area contributed by atoms with Crippen LogP contribution in [0.1, 0.15) is 52.9 Å². The van der Waals surface area contributed by atoms with Crippen LogP contribution >= 0.6 is 0 Å². The van der Waals surface area contributed by atoms with E-state index >= 15 is 0 Å². The third-order valence-corrected chi connectivity index (χ3v) is 4.47. The zero-order valence-corrected chi connectivity index (χ0v) is 11.1. The Bertz CT molecular complexity index is 181. The van der Waals surface area contributed by atoms with Crippen LogP contribution in [-0.2, 0) is 0 Å². The molecule has 0 heterocycles. The van der Waals surface area contributed by atoms with E-state index in [2.05, 4.69) is 45.1 Å². The van der Waals surface area contributed by atoms with Gasteiger partial charge >= 0.3 is 0 Å². The Morgan fingerprint density at radius 2 is 1.73 bits per heavy atom. The molecular weight excluding hydrogens is 184 g/mol. The molecule has 90 valence electrons. The molecule has 0 aromatic rings. The first kappa shape index (κ1) is 13.0. The molecule has 0 radical (unpaired) electrons. The second-order valence-corrected chi connectivity index (χ2v) is 5.57. The van der Waals surface area contributed by atoms with Crippen molar-refractivity contribution in [1.82, 2.24) is 10.2 Å². The van der Waals surface area contributed by atoms with Gasteiger partial charge in [-0.3, -0.25) is 4.90 Å². The van der Waals surface area contributed by atoms with Gasteiger partial charge in [0.25, 0.3) is 0 Å². The van der Waals surface area contributed by atoms with Crippen molar-refractivity contribution >= 4 is 0 Å². The van der Waals surface area contributed by atoms with Crippen LogP contribution in [0.2, 0.25) is 0 Å². The standard InChI is InChI=1S/C13H28N2/c1-6-13(2,3)15(5)12-9-7-11(14-4)8-10-12/h11-12,14H,6-10H2,1-5H3. The van der Waals surface area contributed by atoms with Crippen LogP contribution < -0.4 is 5.32 Å². The Balaban J connectivity index is 2.46. The summed E-state index contributed by atoms with van der Waals surface area (Å²) >= 11 is 0. The molecule has 1 fully saturated rings. The average Bonchev–Trinajstić information content (AvgIpc) is 2.28. The molecule has 1 rings (SSSR count). The van der Waals surface area contributed by atoms with Crippen molar-refractivity contribution < 1.29 is 0 Å². The molecule has 0 unspecified atom stereocenters. The molecule has 0 aromatic heterocycles. The van der Waals surface area contributed by atoms with Crippen LogP contribution in [0, 0.1) is 0 Å². The van der Waals surface area contributed by atoms with Gasteiger partial charge in [0.2, 0.25) is 0 Å². The normalized spacial score (nSPS) is 28.4. The maximum absolute atomic E-state index is 3.40. The Morgan fingerprint density at radius 1 is 1.20 bits per heavy atom. The van der Waals surface area contributed by atoms with Crippen LogP contribution in [0.15, 0.2) is 0 Å². The molecule has 0 bridgehead atoms. The molecule has 0 spiro atoms. The van der Waals surface area contributed by atoms with E-state index in [1.807, 2.05) is 0 Å². The third-order valence-electron chi connectivity index (χ3n) is 4.47. The van der Waals surface area contributed by atoms with Gasteiger partial charge in [0.05, 0.1) is 0 Å². The fourth-order valence-electron chi connectivity index (χ4n) is 2.50. The van der Waals surface area contributed by atoms with E-state index in [0.29, 0.717) is 5.54 Å². The van der Waals surface area contributed by atoms with Gasteiger partial charge in [-0.1, -0.05) is 6.92 Å². The first-order chi connectivity index (χ1) is 7.01. The van der Waals surface area contributed by atoms with Crippen LogP contribution in [-0.4, -0.2) is 36.6 Å². The molecule has 0 saturated heterocycles. The predicted molar refractivity (Wildman–Crippen MR) is 67.2 cm³/mol. The van der Waals surface area contributed by atoms with Gasteiger partial charge in [-0.25, -0.2) is 0 Å². The lowest BCUT2D eigenvalue weighted by Crippen LogP contribution is -2.49. The predicted octanol–water partition coefficient (Wildman–Crippen LogP) is 2.64. The summed E-state index contributed by atoms with van der Waals surface area (Å²) in [6.07, 6.45) is 6.61. The molecule has 2 heteroatoms. The lowest BCUT2D eigenvalue weighted by Gasteiger charge is -2.43. The second kappa shape index (κ2) is 5.31. The molecule has 0 aliphatic heterocycles. The fourth-order valence-corrected chi connectivity index (χ4v) is 2.50. The van der Waals surface area contributed by atoms with Gasteiger partial charge in [-0.2, -0.15) is 0 Å². The molecule has 0 aromatic carbocycles. The van der Waals surface area contributed by atoms with Gasteiger partial charge in [-0.15, -0.1) is 0 Å². The first-order valence-corrected chi connectivity index (χ1v) is 6.41. The SMILES string of the molecule is CCC(C)(C)N(C)C1CCC(NC)CC1. The van der Waals surface area contributed by atoms with Crippen LogP contribution in [0.25, 0.3) is 0 Å². The highest BCUT2D eigenvalue weighted by Crippen LogP contribution is 2.28. The Hall–Kier alpha value is -0.0800. The molecule has 1 aliphatic rings. The third kappa shape index (κ3) is 3.18. The summed E-state index contributed by atoms with van der Waals surface area (Å²) in [4.78, 5) is 2.60. The summed E-state index contributed by atoms with van der Waals surface area (Å²) in [5.74, 6) is 0. The molecule has 15 heavy (non-hydrogen) atoms. The number of hydrogen-bond donors (Lipinski definition) is 1. The lowest BCUT2D eigenvalue weighted by molar-refractivity contribution is 0.0696. The smallest absolute Gasteiger partial charge is 0.0150 e. The van der Waals surface area contributed by atoms with E-state index in [-0.39, 0.29) is 0 Å². The molecule has 0 amide bonds. The lowest BCUT2D eigenvalue weighted by atomic mass is 9.87. The molecule has 2 nitrogen and oxygen atoms in total. The van der Waals surface area contributed by atoms with Crippen molar-refractivity contribution in [3.8, 4) is 0 Å². The summed E-state index contributed by atoms with van der Waals surface area (Å²) in [7, 11) is 4.39. The fraction of sp³-hybridized carbons (Fsp3) is 1.00. The molecule has 1 aliphatic carbocycles. The number of nitrogens with zero attached hydrogens (tertiary/aromatic N) is 1. The van der Waals surface area contributed by atoms with E-state index < -0.39 is 0 Å². The molecule has 1 N–H and O–H groups in total. The largest absolute Gasteiger partial charge is 0.317 e. The Labute approximate surface area is 95.4 Å². The van der Waals surface area contributed by atoms with Crippen LogP contribution in [0.4, 0.5) is 0 Å². The van der Waals surface area contributed by atoms with Gasteiger partial charge < -0.3 is 5.32 Å². The summed E-state index contributed by atoms with van der Waals surface area (Å²) in [6, 6.07) is 1.56. The summed E-state index contributed by atoms with van der Waals surface area (Å²) < 4.78 is 0. The number of nitrogens with one attached hydrogen (secondary N) is 1. The second-order valence-electron chi connectivity index (χ2n) is 5.57. The molecule has 0 atom stereocenters. The minimum Gasteiger partial charge on any atom is -0.317 e. The van der Waals surface area contributed by atoms with Gasteiger partial charge in [0.1, 0.15) is 0 Å². The van der Waals surface area contributed by atoms with Gasteiger partial charge in [0, 0.05) is 17.6 Å². The topological polar surface area (TPSA) is 15.3 Å². The highest BCUT2D eigenvalue weighted by atomic mass is 15.2.